The van der Waals surface area contributed by atoms with E-state index >= 15 is 0 Å². The molecule has 15 heteroatoms. The zero-order valence-corrected chi connectivity index (χ0v) is 21.8. The molecule has 0 radical (unpaired) electrons. The molecule has 0 spiro atoms. The SMILES string of the molecule is Cc1nc(C)c(-c2cc(C(F)(F)F)nn2-c2ccc(S(=O)(=O)NC(=O)CCC(=O)[O-])cc2)s1.[Na+]. The number of thiazole rings is 1. The quantitative estimate of drug-likeness (QED) is 0.391. The number of sulfonamides is 1. The fourth-order valence-electron chi connectivity index (χ4n) is 2.89. The number of nitrogens with one attached hydrogen (secondary N) is 1. The number of carboxylic acids is 1. The Morgan fingerprint density at radius 1 is 1.15 bits per heavy atom. The molecule has 0 aliphatic heterocycles. The van der Waals surface area contributed by atoms with Gasteiger partial charge in [-0.25, -0.2) is 22.8 Å². The van der Waals surface area contributed by atoms with Gasteiger partial charge in [0, 0.05) is 12.4 Å². The van der Waals surface area contributed by atoms with Gasteiger partial charge < -0.3 is 9.90 Å². The number of halogens is 3. The van der Waals surface area contributed by atoms with Crippen molar-refractivity contribution in [2.24, 2.45) is 0 Å². The maximum atomic E-state index is 13.3. The van der Waals surface area contributed by atoms with Gasteiger partial charge in [0.1, 0.15) is 0 Å². The summed E-state index contributed by atoms with van der Waals surface area (Å²) in [6.45, 7) is 3.37. The smallest absolute Gasteiger partial charge is 0.550 e. The summed E-state index contributed by atoms with van der Waals surface area (Å²) in [5.74, 6) is -2.55. The number of carbonyl (C=O) groups is 2. The molecule has 1 aromatic carbocycles. The number of amides is 1. The van der Waals surface area contributed by atoms with Crippen LogP contribution in [0.1, 0.15) is 29.2 Å². The Bertz CT molecular complexity index is 1320. The second-order valence-corrected chi connectivity index (χ2v) is 9.75. The molecule has 0 aliphatic carbocycles. The first-order valence-electron chi connectivity index (χ1n) is 9.25. The Balaban J connectivity index is 0.00000408. The first-order valence-corrected chi connectivity index (χ1v) is 11.6. The summed E-state index contributed by atoms with van der Waals surface area (Å²) in [5.41, 5.74) is -0.324. The fourth-order valence-corrected chi connectivity index (χ4v) is 4.82. The van der Waals surface area contributed by atoms with Gasteiger partial charge in [0.25, 0.3) is 10.0 Å². The Morgan fingerprint density at radius 3 is 2.26 bits per heavy atom. The molecule has 0 saturated heterocycles. The molecule has 176 valence electrons. The molecule has 2 heterocycles. The molecular formula is C19H16F3N4NaO5S2. The second-order valence-electron chi connectivity index (χ2n) is 6.87. The molecule has 1 N–H and O–H groups in total. The van der Waals surface area contributed by atoms with Gasteiger partial charge in [-0.2, -0.15) is 18.3 Å². The van der Waals surface area contributed by atoms with Crippen LogP contribution in [0.4, 0.5) is 13.2 Å². The number of hydrogen-bond acceptors (Lipinski definition) is 8. The molecule has 34 heavy (non-hydrogen) atoms. The first kappa shape index (κ1) is 28.0. The normalized spacial score (nSPS) is 11.7. The molecule has 1 amide bonds. The van der Waals surface area contributed by atoms with Crippen molar-refractivity contribution < 1.29 is 65.8 Å². The maximum absolute atomic E-state index is 13.3. The molecule has 0 bridgehead atoms. The van der Waals surface area contributed by atoms with Gasteiger partial charge in [-0.15, -0.1) is 11.3 Å². The summed E-state index contributed by atoms with van der Waals surface area (Å²) in [6.07, 6.45) is -5.95. The monoisotopic (exact) mass is 524 g/mol. The number of benzene rings is 1. The minimum absolute atomic E-state index is 0. The largest absolute Gasteiger partial charge is 1.00 e. The Kier molecular flexibility index (Phi) is 8.69. The van der Waals surface area contributed by atoms with E-state index < -0.39 is 46.6 Å². The van der Waals surface area contributed by atoms with Crippen LogP contribution in [-0.2, 0) is 25.8 Å². The van der Waals surface area contributed by atoms with Crippen LogP contribution >= 0.6 is 11.3 Å². The van der Waals surface area contributed by atoms with Crippen molar-refractivity contribution in [2.45, 2.75) is 37.8 Å². The van der Waals surface area contributed by atoms with E-state index in [4.69, 9.17) is 0 Å². The number of alkyl halides is 3. The topological polar surface area (TPSA) is 134 Å². The van der Waals surface area contributed by atoms with Gasteiger partial charge in [-0.1, -0.05) is 0 Å². The molecule has 3 aromatic rings. The number of aryl methyl sites for hydroxylation is 2. The number of aliphatic carboxylic acids is 1. The summed E-state index contributed by atoms with van der Waals surface area (Å²) in [5, 5.41) is 14.7. The summed E-state index contributed by atoms with van der Waals surface area (Å²) in [7, 11) is -4.32. The van der Waals surface area contributed by atoms with Crippen LogP contribution in [0.15, 0.2) is 35.2 Å². The van der Waals surface area contributed by atoms with E-state index in [1.807, 2.05) is 0 Å². The number of carbonyl (C=O) groups excluding carboxylic acids is 2. The van der Waals surface area contributed by atoms with Crippen LogP contribution < -0.4 is 39.4 Å². The Morgan fingerprint density at radius 2 is 1.76 bits per heavy atom. The summed E-state index contributed by atoms with van der Waals surface area (Å²) in [4.78, 5) is 26.4. The standard InChI is InChI=1S/C19H17F3N4O5S2.Na/c1-10-18(32-11(2)23-10)14-9-15(19(20,21)22)24-26(14)12-3-5-13(6-4-12)33(30,31)25-16(27)7-8-17(28)29;/h3-6,9H,7-8H2,1-2H3,(H,25,27)(H,28,29);/q;+1/p-1. The van der Waals surface area contributed by atoms with Crippen LogP contribution in [-0.4, -0.2) is 35.1 Å². The van der Waals surface area contributed by atoms with Crippen molar-refractivity contribution in [3.05, 3.63) is 46.7 Å². The van der Waals surface area contributed by atoms with Crippen molar-refractivity contribution in [3.63, 3.8) is 0 Å². The third-order valence-electron chi connectivity index (χ3n) is 4.33. The van der Waals surface area contributed by atoms with Gasteiger partial charge in [0.05, 0.1) is 31.9 Å². The zero-order valence-electron chi connectivity index (χ0n) is 18.1. The average Bonchev–Trinajstić information content (AvgIpc) is 3.29. The number of hydrogen-bond donors (Lipinski definition) is 1. The van der Waals surface area contributed by atoms with Crippen molar-refractivity contribution >= 4 is 33.2 Å². The minimum Gasteiger partial charge on any atom is -0.550 e. The third-order valence-corrected chi connectivity index (χ3v) is 6.82. The summed E-state index contributed by atoms with van der Waals surface area (Å²) < 4.78 is 67.4. The van der Waals surface area contributed by atoms with Gasteiger partial charge >= 0.3 is 35.7 Å². The van der Waals surface area contributed by atoms with Crippen molar-refractivity contribution in [1.29, 1.82) is 0 Å². The molecule has 0 atom stereocenters. The molecular weight excluding hydrogens is 508 g/mol. The summed E-state index contributed by atoms with van der Waals surface area (Å²) >= 11 is 1.19. The van der Waals surface area contributed by atoms with E-state index in [0.717, 1.165) is 22.9 Å². The number of rotatable bonds is 7. The van der Waals surface area contributed by atoms with E-state index in [1.54, 1.807) is 18.6 Å². The molecule has 0 saturated carbocycles. The number of aromatic nitrogens is 3. The third kappa shape index (κ3) is 6.44. The number of carboxylic acid groups (broad SMARTS) is 1. The van der Waals surface area contributed by atoms with E-state index in [-0.39, 0.29) is 45.8 Å². The van der Waals surface area contributed by atoms with E-state index in [0.29, 0.717) is 15.6 Å². The molecule has 2 aromatic heterocycles. The van der Waals surface area contributed by atoms with E-state index in [9.17, 15) is 36.3 Å². The van der Waals surface area contributed by atoms with Gasteiger partial charge in [0.2, 0.25) is 5.91 Å². The molecule has 0 aliphatic rings. The van der Waals surface area contributed by atoms with E-state index in [2.05, 4.69) is 10.1 Å². The van der Waals surface area contributed by atoms with Crippen LogP contribution in [0, 0.1) is 13.8 Å². The number of nitrogens with zero attached hydrogens (tertiary/aromatic N) is 3. The fraction of sp³-hybridized carbons (Fsp3) is 0.263. The Labute approximate surface area is 218 Å². The van der Waals surface area contributed by atoms with Crippen LogP contribution in [0.3, 0.4) is 0 Å². The molecule has 3 rings (SSSR count). The Hall–Kier alpha value is -2.26. The molecule has 0 fully saturated rings. The van der Waals surface area contributed by atoms with Crippen molar-refractivity contribution in [1.82, 2.24) is 19.5 Å². The van der Waals surface area contributed by atoms with Crippen LogP contribution in [0.2, 0.25) is 0 Å². The molecule has 0 unspecified atom stereocenters. The van der Waals surface area contributed by atoms with Gasteiger partial charge in [-0.05, 0) is 50.6 Å². The second kappa shape index (κ2) is 10.6. The van der Waals surface area contributed by atoms with Crippen molar-refractivity contribution in [2.75, 3.05) is 0 Å². The minimum atomic E-state index is -4.70. The summed E-state index contributed by atoms with van der Waals surface area (Å²) in [6, 6.07) is 5.54. The van der Waals surface area contributed by atoms with E-state index in [1.165, 1.54) is 23.5 Å². The maximum Gasteiger partial charge on any atom is 1.00 e. The van der Waals surface area contributed by atoms with Crippen LogP contribution in [0.25, 0.3) is 16.3 Å². The predicted octanol–water partition coefficient (Wildman–Crippen LogP) is -1.03. The first-order chi connectivity index (χ1) is 15.3. The molecule has 9 nitrogen and oxygen atoms in total. The average molecular weight is 524 g/mol. The zero-order chi connectivity index (χ0) is 24.6. The predicted molar refractivity (Wildman–Crippen MR) is 109 cm³/mol. The van der Waals surface area contributed by atoms with Crippen LogP contribution in [0.5, 0.6) is 0 Å². The van der Waals surface area contributed by atoms with Gasteiger partial charge in [0.15, 0.2) is 5.69 Å². The van der Waals surface area contributed by atoms with Gasteiger partial charge in [-0.3, -0.25) is 4.79 Å². The van der Waals surface area contributed by atoms with Crippen molar-refractivity contribution in [3.8, 4) is 16.3 Å².